The van der Waals surface area contributed by atoms with E-state index in [9.17, 15) is 19.3 Å². The lowest BCUT2D eigenvalue weighted by molar-refractivity contribution is -0.387. The number of nitro groups is 1. The van der Waals surface area contributed by atoms with Crippen molar-refractivity contribution < 1.29 is 18.8 Å². The molecule has 5 nitrogen and oxygen atoms in total. The van der Waals surface area contributed by atoms with Gasteiger partial charge in [-0.3, -0.25) is 10.1 Å². The van der Waals surface area contributed by atoms with Crippen LogP contribution in [0.25, 0.3) is 0 Å². The van der Waals surface area contributed by atoms with Gasteiger partial charge < -0.3 is 4.74 Å². The van der Waals surface area contributed by atoms with E-state index in [0.717, 1.165) is 0 Å². The predicted octanol–water partition coefficient (Wildman–Crippen LogP) is 4.37. The maximum absolute atomic E-state index is 12.9. The van der Waals surface area contributed by atoms with E-state index in [0.29, 0.717) is 10.5 Å². The third-order valence-corrected chi connectivity index (χ3v) is 4.02. The van der Waals surface area contributed by atoms with Crippen molar-refractivity contribution in [3.8, 4) is 0 Å². The fraction of sp³-hybridized carbons (Fsp3) is 0.188. The number of hydrogen-bond acceptors (Lipinski definition) is 5. The first-order valence-corrected chi connectivity index (χ1v) is 7.93. The Bertz CT molecular complexity index is 733. The van der Waals surface area contributed by atoms with Crippen LogP contribution in [0.2, 0.25) is 0 Å². The third-order valence-electron chi connectivity index (χ3n) is 3.23. The predicted molar refractivity (Wildman–Crippen MR) is 85.1 cm³/mol. The van der Waals surface area contributed by atoms with Crippen LogP contribution in [-0.2, 0) is 4.74 Å². The van der Waals surface area contributed by atoms with E-state index >= 15 is 0 Å². The van der Waals surface area contributed by atoms with Gasteiger partial charge in [0.25, 0.3) is 5.69 Å². The number of nitrogens with zero attached hydrogens (tertiary/aromatic N) is 1. The topological polar surface area (TPSA) is 69.4 Å². The van der Waals surface area contributed by atoms with E-state index < -0.39 is 17.0 Å². The first-order valence-electron chi connectivity index (χ1n) is 6.71. The molecular formula is C16H14FNO4S. The molecule has 7 heteroatoms. The monoisotopic (exact) mass is 335 g/mol. The summed E-state index contributed by atoms with van der Waals surface area (Å²) in [6.45, 7) is 1.65. The summed E-state index contributed by atoms with van der Waals surface area (Å²) in [5, 5.41) is 11.0. The van der Waals surface area contributed by atoms with Gasteiger partial charge >= 0.3 is 5.97 Å². The number of carbonyl (C=O) groups is 1. The molecule has 0 aromatic heterocycles. The summed E-state index contributed by atoms with van der Waals surface area (Å²) < 4.78 is 18.2. The lowest BCUT2D eigenvalue weighted by atomic mass is 10.1. The van der Waals surface area contributed by atoms with Gasteiger partial charge in [-0.05, 0) is 43.0 Å². The summed E-state index contributed by atoms with van der Waals surface area (Å²) in [6, 6.07) is 9.79. The van der Waals surface area contributed by atoms with Crippen LogP contribution in [0.15, 0.2) is 47.4 Å². The van der Waals surface area contributed by atoms with E-state index in [1.54, 1.807) is 13.2 Å². The second kappa shape index (κ2) is 7.23. The Morgan fingerprint density at radius 3 is 2.48 bits per heavy atom. The van der Waals surface area contributed by atoms with Crippen molar-refractivity contribution >= 4 is 23.4 Å². The highest BCUT2D eigenvalue weighted by Gasteiger charge is 2.19. The van der Waals surface area contributed by atoms with Crippen molar-refractivity contribution in [2.24, 2.45) is 0 Å². The largest absolute Gasteiger partial charge is 0.454 e. The summed E-state index contributed by atoms with van der Waals surface area (Å²) in [4.78, 5) is 23.1. The van der Waals surface area contributed by atoms with Crippen LogP contribution >= 0.6 is 11.8 Å². The molecule has 0 spiro atoms. The van der Waals surface area contributed by atoms with Gasteiger partial charge in [-0.25, -0.2) is 9.18 Å². The van der Waals surface area contributed by atoms with Gasteiger partial charge in [0.1, 0.15) is 11.9 Å². The van der Waals surface area contributed by atoms with Gasteiger partial charge in [0.15, 0.2) is 0 Å². The van der Waals surface area contributed by atoms with Crippen molar-refractivity contribution in [3.05, 3.63) is 69.5 Å². The number of hydrogen-bond donors (Lipinski definition) is 0. The second-order valence-corrected chi connectivity index (χ2v) is 5.59. The smallest absolute Gasteiger partial charge is 0.338 e. The zero-order valence-corrected chi connectivity index (χ0v) is 13.3. The number of esters is 1. The zero-order chi connectivity index (χ0) is 17.0. The average molecular weight is 335 g/mol. The van der Waals surface area contributed by atoms with E-state index in [-0.39, 0.29) is 17.1 Å². The molecule has 0 aliphatic carbocycles. The van der Waals surface area contributed by atoms with Crippen molar-refractivity contribution in [3.63, 3.8) is 0 Å². The molecule has 0 fully saturated rings. The molecule has 0 amide bonds. The number of halogens is 1. The summed E-state index contributed by atoms with van der Waals surface area (Å²) in [6.07, 6.45) is 1.12. The summed E-state index contributed by atoms with van der Waals surface area (Å²) >= 11 is 1.23. The first kappa shape index (κ1) is 17.0. The zero-order valence-electron chi connectivity index (χ0n) is 12.5. The molecule has 0 saturated carbocycles. The number of nitro benzene ring substituents is 1. The van der Waals surface area contributed by atoms with Crippen molar-refractivity contribution in [2.45, 2.75) is 17.9 Å². The lowest BCUT2D eigenvalue weighted by Crippen LogP contribution is -2.10. The van der Waals surface area contributed by atoms with Crippen LogP contribution < -0.4 is 0 Å². The van der Waals surface area contributed by atoms with Crippen LogP contribution in [0.4, 0.5) is 10.1 Å². The molecule has 1 unspecified atom stereocenters. The van der Waals surface area contributed by atoms with Crippen LogP contribution in [0.5, 0.6) is 0 Å². The van der Waals surface area contributed by atoms with Crippen molar-refractivity contribution in [1.29, 1.82) is 0 Å². The summed E-state index contributed by atoms with van der Waals surface area (Å²) in [5.41, 5.74) is 0.597. The van der Waals surface area contributed by atoms with Gasteiger partial charge in [-0.15, -0.1) is 11.8 Å². The van der Waals surface area contributed by atoms with E-state index in [4.69, 9.17) is 4.74 Å². The maximum Gasteiger partial charge on any atom is 0.338 e. The molecule has 0 aliphatic rings. The molecule has 0 bridgehead atoms. The summed E-state index contributed by atoms with van der Waals surface area (Å²) in [5.74, 6) is -1.05. The number of rotatable bonds is 5. The van der Waals surface area contributed by atoms with Crippen LogP contribution in [-0.4, -0.2) is 17.1 Å². The molecule has 120 valence electrons. The van der Waals surface area contributed by atoms with Gasteiger partial charge in [-0.1, -0.05) is 12.1 Å². The highest BCUT2D eigenvalue weighted by molar-refractivity contribution is 7.98. The molecule has 0 aliphatic heterocycles. The van der Waals surface area contributed by atoms with Gasteiger partial charge in [-0.2, -0.15) is 0 Å². The van der Waals surface area contributed by atoms with E-state index in [1.165, 1.54) is 54.2 Å². The number of ether oxygens (including phenoxy) is 1. The van der Waals surface area contributed by atoms with E-state index in [2.05, 4.69) is 0 Å². The Labute approximate surface area is 136 Å². The van der Waals surface area contributed by atoms with Crippen LogP contribution in [0.1, 0.15) is 28.9 Å². The van der Waals surface area contributed by atoms with Gasteiger partial charge in [0, 0.05) is 6.07 Å². The number of thioether (sulfide) groups is 1. The van der Waals surface area contributed by atoms with Gasteiger partial charge in [0.2, 0.25) is 0 Å². The maximum atomic E-state index is 12.9. The molecule has 0 radical (unpaired) electrons. The SMILES string of the molecule is CSc1ccc(C(=O)OC(C)c2ccc(F)cc2)cc1[N+](=O)[O-]. The minimum atomic E-state index is -0.669. The normalized spacial score (nSPS) is 11.8. The van der Waals surface area contributed by atoms with Crippen molar-refractivity contribution in [2.75, 3.05) is 6.26 Å². The molecule has 0 N–H and O–H groups in total. The highest BCUT2D eigenvalue weighted by atomic mass is 32.2. The minimum Gasteiger partial charge on any atom is -0.454 e. The third kappa shape index (κ3) is 4.07. The molecule has 0 saturated heterocycles. The molecule has 2 aromatic carbocycles. The fourth-order valence-electron chi connectivity index (χ4n) is 1.99. The molecular weight excluding hydrogens is 321 g/mol. The van der Waals surface area contributed by atoms with Crippen LogP contribution in [0.3, 0.4) is 0 Å². The molecule has 0 heterocycles. The Balaban J connectivity index is 2.18. The van der Waals surface area contributed by atoms with Crippen LogP contribution in [0, 0.1) is 15.9 Å². The number of benzene rings is 2. The Morgan fingerprint density at radius 1 is 1.26 bits per heavy atom. The Kier molecular flexibility index (Phi) is 5.33. The van der Waals surface area contributed by atoms with E-state index in [1.807, 2.05) is 0 Å². The molecule has 23 heavy (non-hydrogen) atoms. The quantitative estimate of drug-likeness (QED) is 0.351. The summed E-state index contributed by atoms with van der Waals surface area (Å²) in [7, 11) is 0. The Morgan fingerprint density at radius 2 is 1.91 bits per heavy atom. The Hall–Kier alpha value is -2.41. The minimum absolute atomic E-state index is 0.100. The molecule has 2 rings (SSSR count). The fourth-order valence-corrected chi connectivity index (χ4v) is 2.54. The van der Waals surface area contributed by atoms with Gasteiger partial charge in [0.05, 0.1) is 15.4 Å². The second-order valence-electron chi connectivity index (χ2n) is 4.74. The average Bonchev–Trinajstić information content (AvgIpc) is 2.54. The highest BCUT2D eigenvalue weighted by Crippen LogP contribution is 2.29. The standard InChI is InChI=1S/C16H14FNO4S/c1-10(11-3-6-13(17)7-4-11)22-16(19)12-5-8-15(23-2)14(9-12)18(20)21/h3-10H,1-2H3. The molecule has 2 aromatic rings. The lowest BCUT2D eigenvalue weighted by Gasteiger charge is -2.13. The number of carbonyl (C=O) groups excluding carboxylic acids is 1. The van der Waals surface area contributed by atoms with Crippen molar-refractivity contribution in [1.82, 2.24) is 0 Å². The molecule has 1 atom stereocenters. The first-order chi connectivity index (χ1) is 10.9.